The number of hydrogen-bond donors (Lipinski definition) is 0. The van der Waals surface area contributed by atoms with Gasteiger partial charge in [0.2, 0.25) is 0 Å². The van der Waals surface area contributed by atoms with E-state index in [9.17, 15) is 0 Å². The van der Waals surface area contributed by atoms with E-state index in [1.54, 1.807) is 14.2 Å². The Morgan fingerprint density at radius 2 is 0.933 bits per heavy atom. The predicted molar refractivity (Wildman–Crippen MR) is 127 cm³/mol. The molecule has 0 bridgehead atoms. The lowest BCUT2D eigenvalue weighted by atomic mass is 10.1. The molecular formula is C23H51NO5Si. The molecule has 0 aliphatic heterocycles. The topological polar surface area (TPSA) is 49.4 Å². The van der Waals surface area contributed by atoms with Crippen molar-refractivity contribution in [2.75, 3.05) is 66.9 Å². The van der Waals surface area contributed by atoms with Crippen LogP contribution in [0.4, 0.5) is 0 Å². The fraction of sp³-hybridized carbons (Fsp3) is 1.00. The number of hydrogen-bond acceptors (Lipinski definition) is 6. The van der Waals surface area contributed by atoms with Gasteiger partial charge in [-0.2, -0.15) is 0 Å². The molecule has 0 aromatic carbocycles. The highest BCUT2D eigenvalue weighted by molar-refractivity contribution is 6.60. The monoisotopic (exact) mass is 449 g/mol. The van der Waals surface area contributed by atoms with Gasteiger partial charge in [0, 0.05) is 53.2 Å². The van der Waals surface area contributed by atoms with Gasteiger partial charge in [0.25, 0.3) is 0 Å². The average Bonchev–Trinajstić information content (AvgIpc) is 2.74. The van der Waals surface area contributed by atoms with Gasteiger partial charge in [-0.15, -0.1) is 0 Å². The predicted octanol–water partition coefficient (Wildman–Crippen LogP) is 5.14. The lowest BCUT2D eigenvalue weighted by Crippen LogP contribution is -2.45. The lowest BCUT2D eigenvalue weighted by molar-refractivity contribution is 0.0706. The molecule has 6 nitrogen and oxygen atoms in total. The largest absolute Gasteiger partial charge is 0.500 e. The SMILES string of the molecule is CCO[Si](CCCCCCCCCCCN(CCOC)CCOC)(OCC)OCC. The molecule has 0 fully saturated rings. The summed E-state index contributed by atoms with van der Waals surface area (Å²) in [6.45, 7) is 12.8. The van der Waals surface area contributed by atoms with Crippen LogP contribution in [0, 0.1) is 0 Å². The molecule has 0 radical (unpaired) electrons. The Bertz CT molecular complexity index is 325. The van der Waals surface area contributed by atoms with Gasteiger partial charge in [-0.05, 0) is 40.2 Å². The summed E-state index contributed by atoms with van der Waals surface area (Å²) in [5, 5.41) is 0. The molecule has 0 rings (SSSR count). The third-order valence-corrected chi connectivity index (χ3v) is 8.42. The van der Waals surface area contributed by atoms with Crippen molar-refractivity contribution in [2.24, 2.45) is 0 Å². The van der Waals surface area contributed by atoms with E-state index in [1.165, 1.54) is 51.4 Å². The highest BCUT2D eigenvalue weighted by atomic mass is 28.4. The molecule has 0 aliphatic rings. The first-order chi connectivity index (χ1) is 14.7. The quantitative estimate of drug-likeness (QED) is 0.150. The number of unbranched alkanes of at least 4 members (excludes halogenated alkanes) is 8. The van der Waals surface area contributed by atoms with Crippen molar-refractivity contribution in [1.29, 1.82) is 0 Å². The van der Waals surface area contributed by atoms with Crippen molar-refractivity contribution in [3.63, 3.8) is 0 Å². The Morgan fingerprint density at radius 1 is 0.533 bits per heavy atom. The second-order valence-corrected chi connectivity index (χ2v) is 10.5. The summed E-state index contributed by atoms with van der Waals surface area (Å²) in [4.78, 5) is 2.45. The summed E-state index contributed by atoms with van der Waals surface area (Å²) in [7, 11) is 1.10. The second kappa shape index (κ2) is 22.2. The van der Waals surface area contributed by atoms with Gasteiger partial charge in [-0.3, -0.25) is 4.90 Å². The van der Waals surface area contributed by atoms with Crippen LogP contribution >= 0.6 is 0 Å². The molecule has 0 heterocycles. The third-order valence-electron chi connectivity index (χ3n) is 5.27. The van der Waals surface area contributed by atoms with Gasteiger partial charge < -0.3 is 22.8 Å². The minimum atomic E-state index is -2.43. The highest BCUT2D eigenvalue weighted by Crippen LogP contribution is 2.21. The Balaban J connectivity index is 3.72. The first kappa shape index (κ1) is 30.0. The van der Waals surface area contributed by atoms with Gasteiger partial charge in [0.15, 0.2) is 0 Å². The molecule has 182 valence electrons. The molecule has 0 aromatic rings. The van der Waals surface area contributed by atoms with Crippen LogP contribution in [0.3, 0.4) is 0 Å². The fourth-order valence-corrected chi connectivity index (χ4v) is 6.38. The van der Waals surface area contributed by atoms with Crippen molar-refractivity contribution in [2.45, 2.75) is 84.6 Å². The molecule has 7 heteroatoms. The van der Waals surface area contributed by atoms with Crippen LogP contribution in [-0.4, -0.2) is 80.6 Å². The first-order valence-electron chi connectivity index (χ1n) is 12.3. The summed E-state index contributed by atoms with van der Waals surface area (Å²) in [5.74, 6) is 0. The van der Waals surface area contributed by atoms with E-state index in [2.05, 4.69) is 4.90 Å². The zero-order valence-corrected chi connectivity index (χ0v) is 21.7. The van der Waals surface area contributed by atoms with E-state index in [0.717, 1.165) is 45.3 Å². The van der Waals surface area contributed by atoms with Crippen LogP contribution in [0.1, 0.15) is 78.6 Å². The van der Waals surface area contributed by atoms with Crippen LogP contribution in [0.25, 0.3) is 0 Å². The molecule has 0 saturated heterocycles. The fourth-order valence-electron chi connectivity index (χ4n) is 3.69. The normalized spacial score (nSPS) is 12.2. The molecule has 0 N–H and O–H groups in total. The maximum Gasteiger partial charge on any atom is 0.500 e. The van der Waals surface area contributed by atoms with Crippen molar-refractivity contribution in [1.82, 2.24) is 4.90 Å². The van der Waals surface area contributed by atoms with E-state index in [4.69, 9.17) is 22.8 Å². The number of ether oxygens (including phenoxy) is 2. The smallest absolute Gasteiger partial charge is 0.383 e. The Labute approximate surface area is 188 Å². The Morgan fingerprint density at radius 3 is 1.33 bits per heavy atom. The van der Waals surface area contributed by atoms with E-state index in [0.29, 0.717) is 19.8 Å². The summed E-state index contributed by atoms with van der Waals surface area (Å²) in [5.41, 5.74) is 0. The molecule has 0 unspecified atom stereocenters. The molecule has 0 atom stereocenters. The highest BCUT2D eigenvalue weighted by Gasteiger charge is 2.39. The molecule has 30 heavy (non-hydrogen) atoms. The second-order valence-electron chi connectivity index (χ2n) is 7.74. The van der Waals surface area contributed by atoms with E-state index in [-0.39, 0.29) is 0 Å². The van der Waals surface area contributed by atoms with Gasteiger partial charge in [0.1, 0.15) is 0 Å². The summed E-state index contributed by atoms with van der Waals surface area (Å²) >= 11 is 0. The minimum Gasteiger partial charge on any atom is -0.383 e. The maximum atomic E-state index is 5.93. The summed E-state index contributed by atoms with van der Waals surface area (Å²) < 4.78 is 28.2. The van der Waals surface area contributed by atoms with Gasteiger partial charge in [0.05, 0.1) is 13.2 Å². The van der Waals surface area contributed by atoms with Gasteiger partial charge >= 0.3 is 8.80 Å². The van der Waals surface area contributed by atoms with Gasteiger partial charge in [-0.25, -0.2) is 0 Å². The molecule has 0 aliphatic carbocycles. The molecular weight excluding hydrogens is 398 g/mol. The molecule has 0 spiro atoms. The maximum absolute atomic E-state index is 5.93. The van der Waals surface area contributed by atoms with Crippen molar-refractivity contribution >= 4 is 8.80 Å². The Kier molecular flexibility index (Phi) is 22.2. The summed E-state index contributed by atoms with van der Waals surface area (Å²) in [6, 6.07) is 0.950. The zero-order valence-electron chi connectivity index (χ0n) is 20.7. The van der Waals surface area contributed by atoms with Crippen LogP contribution in [0.15, 0.2) is 0 Å². The standard InChI is InChI=1S/C23H51NO5Si/c1-6-27-30(28-7-2,29-8-3)23-17-15-13-11-9-10-12-14-16-18-24(19-21-25-4)20-22-26-5/h6-23H2,1-5H3. The van der Waals surface area contributed by atoms with Crippen LogP contribution in [-0.2, 0) is 22.8 Å². The minimum absolute atomic E-state index is 0.669. The number of methoxy groups -OCH3 is 2. The van der Waals surface area contributed by atoms with E-state index >= 15 is 0 Å². The van der Waals surface area contributed by atoms with Crippen molar-refractivity contribution in [3.05, 3.63) is 0 Å². The van der Waals surface area contributed by atoms with E-state index < -0.39 is 8.80 Å². The van der Waals surface area contributed by atoms with Crippen LogP contribution in [0.2, 0.25) is 6.04 Å². The van der Waals surface area contributed by atoms with E-state index in [1.807, 2.05) is 20.8 Å². The summed E-state index contributed by atoms with van der Waals surface area (Å²) in [6.07, 6.45) is 11.7. The first-order valence-corrected chi connectivity index (χ1v) is 14.2. The Hall–Kier alpha value is -0.0231. The van der Waals surface area contributed by atoms with Crippen molar-refractivity contribution in [3.8, 4) is 0 Å². The molecule has 0 amide bonds. The average molecular weight is 450 g/mol. The number of nitrogens with zero attached hydrogens (tertiary/aromatic N) is 1. The molecule has 0 aromatic heterocycles. The van der Waals surface area contributed by atoms with Crippen molar-refractivity contribution < 1.29 is 22.8 Å². The molecule has 0 saturated carbocycles. The third kappa shape index (κ3) is 16.6. The lowest BCUT2D eigenvalue weighted by Gasteiger charge is -2.28. The number of rotatable bonds is 24. The van der Waals surface area contributed by atoms with Crippen LogP contribution in [0.5, 0.6) is 0 Å². The zero-order chi connectivity index (χ0) is 22.3. The van der Waals surface area contributed by atoms with Crippen LogP contribution < -0.4 is 0 Å². The van der Waals surface area contributed by atoms with Gasteiger partial charge in [-0.1, -0.05) is 44.9 Å².